The van der Waals surface area contributed by atoms with Gasteiger partial charge in [0, 0.05) is 4.90 Å². The van der Waals surface area contributed by atoms with Crippen molar-refractivity contribution in [3.8, 4) is 5.75 Å². The van der Waals surface area contributed by atoms with E-state index in [0.717, 1.165) is 21.6 Å². The van der Waals surface area contributed by atoms with E-state index in [1.807, 2.05) is 50.2 Å². The van der Waals surface area contributed by atoms with Gasteiger partial charge in [-0.15, -0.1) is 0 Å². The first kappa shape index (κ1) is 22.6. The smallest absolute Gasteiger partial charge is 0.350 e. The third-order valence-corrected chi connectivity index (χ3v) is 7.62. The van der Waals surface area contributed by atoms with Crippen LogP contribution < -0.4 is 4.90 Å². The number of para-hydroxylation sites is 1. The van der Waals surface area contributed by atoms with Crippen LogP contribution in [0.2, 0.25) is 0 Å². The van der Waals surface area contributed by atoms with Gasteiger partial charge in [0.15, 0.2) is 0 Å². The third kappa shape index (κ3) is 4.81. The average Bonchev–Trinajstić information content (AvgIpc) is 2.69. The molecule has 0 fully saturated rings. The summed E-state index contributed by atoms with van der Waals surface area (Å²) in [6.45, 7) is 7.59. The van der Waals surface area contributed by atoms with Crippen molar-refractivity contribution in [1.29, 1.82) is 0 Å². The first-order valence-corrected chi connectivity index (χ1v) is 12.3. The van der Waals surface area contributed by atoms with Crippen molar-refractivity contribution in [3.63, 3.8) is 0 Å². The fourth-order valence-corrected chi connectivity index (χ4v) is 6.02. The molecular weight excluding hydrogens is 421 g/mol. The fourth-order valence-electron chi connectivity index (χ4n) is 3.31. The highest BCUT2D eigenvalue weighted by molar-refractivity contribution is 8.04. The van der Waals surface area contributed by atoms with Gasteiger partial charge in [-0.25, -0.2) is 0 Å². The van der Waals surface area contributed by atoms with Gasteiger partial charge in [-0.2, -0.15) is 0 Å². The molecule has 0 atom stereocenters. The van der Waals surface area contributed by atoms with Crippen LogP contribution in [0.25, 0.3) is 6.08 Å². The van der Waals surface area contributed by atoms with Gasteiger partial charge in [-0.3, -0.25) is 14.3 Å². The van der Waals surface area contributed by atoms with Crippen LogP contribution >= 0.6 is 19.4 Å². The molecule has 6 nitrogen and oxygen atoms in total. The maximum absolute atomic E-state index is 13.4. The maximum Gasteiger partial charge on any atom is 0.350 e. The minimum atomic E-state index is -3.48. The highest BCUT2D eigenvalue weighted by Gasteiger charge is 2.36. The number of carbonyl (C=O) groups is 1. The number of benzene rings is 2. The molecule has 0 unspecified atom stereocenters. The van der Waals surface area contributed by atoms with Crippen LogP contribution in [-0.2, 0) is 18.4 Å². The second kappa shape index (κ2) is 9.40. The minimum absolute atomic E-state index is 0.157. The number of aromatic hydroxyl groups is 1. The summed E-state index contributed by atoms with van der Waals surface area (Å²) in [5.41, 5.74) is 2.98. The van der Waals surface area contributed by atoms with E-state index in [-0.39, 0.29) is 31.2 Å². The Bertz CT molecular complexity index is 1000. The number of hydrogen-bond acceptors (Lipinski definition) is 6. The molecule has 30 heavy (non-hydrogen) atoms. The van der Waals surface area contributed by atoms with Crippen molar-refractivity contribution in [1.82, 2.24) is 0 Å². The molecule has 1 aliphatic rings. The van der Waals surface area contributed by atoms with Gasteiger partial charge in [0.1, 0.15) is 12.0 Å². The zero-order valence-electron chi connectivity index (χ0n) is 17.5. The first-order valence-electron chi connectivity index (χ1n) is 9.76. The molecule has 0 radical (unpaired) electrons. The Balaban J connectivity index is 2.03. The largest absolute Gasteiger partial charge is 0.507 e. The van der Waals surface area contributed by atoms with Crippen LogP contribution in [-0.4, -0.2) is 30.5 Å². The van der Waals surface area contributed by atoms with Gasteiger partial charge < -0.3 is 14.2 Å². The topological polar surface area (TPSA) is 76.1 Å². The number of anilines is 1. The lowest BCUT2D eigenvalue weighted by molar-refractivity contribution is -0.114. The van der Waals surface area contributed by atoms with Crippen LogP contribution in [0.3, 0.4) is 0 Å². The summed E-state index contributed by atoms with van der Waals surface area (Å²) in [6, 6.07) is 11.2. The van der Waals surface area contributed by atoms with Crippen molar-refractivity contribution < 1.29 is 23.5 Å². The summed E-state index contributed by atoms with van der Waals surface area (Å²) in [4.78, 5) is 16.2. The third-order valence-electron chi connectivity index (χ3n) is 4.61. The van der Waals surface area contributed by atoms with Crippen molar-refractivity contribution in [2.75, 3.05) is 24.4 Å². The van der Waals surface area contributed by atoms with E-state index in [1.165, 1.54) is 16.7 Å². The number of fused-ring (bicyclic) bond motifs is 1. The zero-order chi connectivity index (χ0) is 21.9. The lowest BCUT2D eigenvalue weighted by atomic mass is 10.1. The van der Waals surface area contributed by atoms with E-state index in [0.29, 0.717) is 10.6 Å². The molecule has 1 heterocycles. The summed E-state index contributed by atoms with van der Waals surface area (Å²) in [6.07, 6.45) is 1.64. The Hall–Kier alpha value is -2.05. The second-order valence-electron chi connectivity index (χ2n) is 6.90. The number of phenols is 1. The van der Waals surface area contributed by atoms with Crippen molar-refractivity contribution in [2.45, 2.75) is 32.6 Å². The Morgan fingerprint density at radius 1 is 1.10 bits per heavy atom. The molecule has 160 valence electrons. The predicted molar refractivity (Wildman–Crippen MR) is 121 cm³/mol. The Morgan fingerprint density at radius 3 is 2.30 bits per heavy atom. The molecule has 8 heteroatoms. The number of aryl methyl sites for hydroxylation is 2. The number of thioether (sulfide) groups is 1. The molecule has 0 bridgehead atoms. The number of phenolic OH excluding ortho intramolecular Hbond substituents is 1. The summed E-state index contributed by atoms with van der Waals surface area (Å²) in [5, 5.41) is 10.0. The SMILES string of the molecule is CCOP(=O)(CN1C(=O)/C(=C/c2cc(C)c(O)c(C)c2)Sc2ccccc21)OCC. The van der Waals surface area contributed by atoms with E-state index in [4.69, 9.17) is 9.05 Å². The minimum Gasteiger partial charge on any atom is -0.507 e. The highest BCUT2D eigenvalue weighted by Crippen LogP contribution is 2.52. The molecule has 3 rings (SSSR count). The monoisotopic (exact) mass is 447 g/mol. The molecule has 0 aliphatic carbocycles. The number of nitrogens with zero attached hydrogens (tertiary/aromatic N) is 1. The molecule has 2 aromatic rings. The zero-order valence-corrected chi connectivity index (χ0v) is 19.3. The van der Waals surface area contributed by atoms with Gasteiger partial charge in [-0.05, 0) is 74.7 Å². The van der Waals surface area contributed by atoms with E-state index in [2.05, 4.69) is 0 Å². The second-order valence-corrected chi connectivity index (χ2v) is 10.0. The normalized spacial score (nSPS) is 15.5. The molecule has 0 saturated carbocycles. The fraction of sp³-hybridized carbons (Fsp3) is 0.318. The molecule has 1 amide bonds. The highest BCUT2D eigenvalue weighted by atomic mass is 32.2. The predicted octanol–water partition coefficient (Wildman–Crippen LogP) is 5.71. The van der Waals surface area contributed by atoms with Crippen LogP contribution in [0, 0.1) is 13.8 Å². The van der Waals surface area contributed by atoms with Gasteiger partial charge >= 0.3 is 7.60 Å². The molecule has 0 aromatic heterocycles. The van der Waals surface area contributed by atoms with E-state index >= 15 is 0 Å². The van der Waals surface area contributed by atoms with Crippen LogP contribution in [0.5, 0.6) is 5.75 Å². The average molecular weight is 447 g/mol. The van der Waals surface area contributed by atoms with Crippen molar-refractivity contribution in [3.05, 3.63) is 58.0 Å². The van der Waals surface area contributed by atoms with Gasteiger partial charge in [0.25, 0.3) is 5.91 Å². The standard InChI is InChI=1S/C22H26NO5PS/c1-5-27-29(26,28-6-2)14-23-18-9-7-8-10-19(18)30-20(22(23)25)13-17-11-15(3)21(24)16(4)12-17/h7-13,24H,5-6,14H2,1-4H3/b20-13-. The Morgan fingerprint density at radius 2 is 1.70 bits per heavy atom. The van der Waals surface area contributed by atoms with E-state index in [9.17, 15) is 14.5 Å². The number of carbonyl (C=O) groups excluding carboxylic acids is 1. The summed E-state index contributed by atoms with van der Waals surface area (Å²) >= 11 is 1.37. The lowest BCUT2D eigenvalue weighted by Gasteiger charge is -2.32. The van der Waals surface area contributed by atoms with Crippen LogP contribution in [0.1, 0.15) is 30.5 Å². The van der Waals surface area contributed by atoms with Gasteiger partial charge in [0.05, 0.1) is 23.8 Å². The van der Waals surface area contributed by atoms with Gasteiger partial charge in [0.2, 0.25) is 0 Å². The summed E-state index contributed by atoms with van der Waals surface area (Å²) < 4.78 is 24.0. The number of amides is 1. The van der Waals surface area contributed by atoms with Crippen molar-refractivity contribution >= 4 is 37.0 Å². The molecule has 0 saturated heterocycles. The molecule has 2 aromatic carbocycles. The molecular formula is C22H26NO5PS. The lowest BCUT2D eigenvalue weighted by Crippen LogP contribution is -2.35. The molecule has 0 spiro atoms. The number of rotatable bonds is 7. The van der Waals surface area contributed by atoms with Crippen molar-refractivity contribution in [2.24, 2.45) is 0 Å². The summed E-state index contributed by atoms with van der Waals surface area (Å²) in [5.74, 6) is -0.0113. The number of hydrogen-bond donors (Lipinski definition) is 1. The first-order chi connectivity index (χ1) is 14.3. The van der Waals surface area contributed by atoms with Crippen LogP contribution in [0.15, 0.2) is 46.2 Å². The van der Waals surface area contributed by atoms with E-state index < -0.39 is 7.60 Å². The van der Waals surface area contributed by atoms with Gasteiger partial charge in [-0.1, -0.05) is 23.9 Å². The summed E-state index contributed by atoms with van der Waals surface area (Å²) in [7, 11) is -3.48. The maximum atomic E-state index is 13.4. The molecule has 1 aliphatic heterocycles. The Kier molecular flexibility index (Phi) is 7.09. The molecule has 1 N–H and O–H groups in total. The van der Waals surface area contributed by atoms with Crippen LogP contribution in [0.4, 0.5) is 5.69 Å². The quantitative estimate of drug-likeness (QED) is 0.433. The van der Waals surface area contributed by atoms with E-state index in [1.54, 1.807) is 19.9 Å². The Labute approximate surface area is 181 Å².